The summed E-state index contributed by atoms with van der Waals surface area (Å²) in [6.45, 7) is 3.12. The first-order valence-corrected chi connectivity index (χ1v) is 6.68. The van der Waals surface area contributed by atoms with Gasteiger partial charge < -0.3 is 5.73 Å². The van der Waals surface area contributed by atoms with Gasteiger partial charge in [-0.1, -0.05) is 6.92 Å². The molecule has 94 valence electrons. The molecule has 1 heterocycles. The van der Waals surface area contributed by atoms with Gasteiger partial charge in [0.05, 0.1) is 6.54 Å². The highest BCUT2D eigenvalue weighted by molar-refractivity contribution is 9.10. The Morgan fingerprint density at radius 2 is 2.22 bits per heavy atom. The van der Waals surface area contributed by atoms with Crippen molar-refractivity contribution >= 4 is 21.6 Å². The van der Waals surface area contributed by atoms with Crippen molar-refractivity contribution in [1.82, 2.24) is 20.2 Å². The molecule has 0 amide bonds. The van der Waals surface area contributed by atoms with Crippen LogP contribution in [0.3, 0.4) is 0 Å². The van der Waals surface area contributed by atoms with Gasteiger partial charge in [-0.3, -0.25) is 0 Å². The summed E-state index contributed by atoms with van der Waals surface area (Å²) in [5, 5.41) is 11.9. The van der Waals surface area contributed by atoms with Crippen LogP contribution >= 0.6 is 15.9 Å². The summed E-state index contributed by atoms with van der Waals surface area (Å²) in [7, 11) is 0. The number of anilines is 1. The number of aromatic nitrogens is 4. The van der Waals surface area contributed by atoms with Crippen molar-refractivity contribution in [1.29, 1.82) is 0 Å². The highest BCUT2D eigenvalue weighted by Gasteiger charge is 2.38. The third-order valence-electron chi connectivity index (χ3n) is 3.42. The normalized spacial score (nSPS) is 16.8. The van der Waals surface area contributed by atoms with Gasteiger partial charge in [-0.25, -0.2) is 4.68 Å². The Hall–Kier alpha value is -1.43. The summed E-state index contributed by atoms with van der Waals surface area (Å²) in [4.78, 5) is 0. The molecular weight excluding hydrogens is 294 g/mol. The lowest BCUT2D eigenvalue weighted by Crippen LogP contribution is -2.11. The minimum atomic E-state index is 0.366. The van der Waals surface area contributed by atoms with E-state index in [2.05, 4.69) is 38.4 Å². The Balaban J connectivity index is 1.96. The lowest BCUT2D eigenvalue weighted by Gasteiger charge is -2.10. The Morgan fingerprint density at radius 3 is 2.89 bits per heavy atom. The molecule has 0 aliphatic heterocycles. The summed E-state index contributed by atoms with van der Waals surface area (Å²) in [6.07, 6.45) is 2.49. The van der Waals surface area contributed by atoms with E-state index in [4.69, 9.17) is 5.73 Å². The average Bonchev–Trinajstić information content (AvgIpc) is 2.88. The number of rotatable bonds is 3. The van der Waals surface area contributed by atoms with E-state index in [1.807, 2.05) is 22.9 Å². The molecule has 6 heteroatoms. The molecule has 1 aliphatic rings. The summed E-state index contributed by atoms with van der Waals surface area (Å²) in [5.41, 5.74) is 7.90. The zero-order chi connectivity index (χ0) is 12.8. The average molecular weight is 308 g/mol. The van der Waals surface area contributed by atoms with Crippen LogP contribution in [0.1, 0.15) is 19.8 Å². The molecule has 2 aromatic rings. The molecule has 0 atom stereocenters. The fourth-order valence-electron chi connectivity index (χ4n) is 1.93. The van der Waals surface area contributed by atoms with E-state index in [0.717, 1.165) is 22.4 Å². The molecule has 3 rings (SSSR count). The monoisotopic (exact) mass is 307 g/mol. The lowest BCUT2D eigenvalue weighted by atomic mass is 10.1. The molecule has 1 aliphatic carbocycles. The van der Waals surface area contributed by atoms with E-state index in [0.29, 0.717) is 11.1 Å². The first kappa shape index (κ1) is 11.6. The molecule has 0 unspecified atom stereocenters. The zero-order valence-corrected chi connectivity index (χ0v) is 11.7. The summed E-state index contributed by atoms with van der Waals surface area (Å²) < 4.78 is 2.76. The third kappa shape index (κ3) is 2.12. The maximum atomic E-state index is 5.89. The van der Waals surface area contributed by atoms with Gasteiger partial charge in [0.15, 0.2) is 5.82 Å². The standard InChI is InChI=1S/C12H14BrN5/c1-12(4-5-12)7-18-11(15-16-17-18)8-2-3-9(13)10(14)6-8/h2-3,6H,4-5,7,14H2,1H3. The van der Waals surface area contributed by atoms with Gasteiger partial charge in [0.2, 0.25) is 0 Å². The van der Waals surface area contributed by atoms with Crippen LogP contribution in [-0.2, 0) is 6.54 Å². The predicted molar refractivity (Wildman–Crippen MR) is 72.7 cm³/mol. The van der Waals surface area contributed by atoms with Gasteiger partial charge in [0.25, 0.3) is 0 Å². The summed E-state index contributed by atoms with van der Waals surface area (Å²) in [6, 6.07) is 5.78. The van der Waals surface area contributed by atoms with Crippen LogP contribution in [0.4, 0.5) is 5.69 Å². The molecular formula is C12H14BrN5. The second-order valence-electron chi connectivity index (χ2n) is 5.21. The molecule has 1 aromatic carbocycles. The quantitative estimate of drug-likeness (QED) is 0.884. The number of tetrazole rings is 1. The van der Waals surface area contributed by atoms with Crippen LogP contribution in [0.5, 0.6) is 0 Å². The van der Waals surface area contributed by atoms with Gasteiger partial charge in [-0.2, -0.15) is 0 Å². The number of nitrogens with zero attached hydrogens (tertiary/aromatic N) is 4. The second-order valence-corrected chi connectivity index (χ2v) is 6.06. The molecule has 0 spiro atoms. The van der Waals surface area contributed by atoms with Crippen molar-refractivity contribution in [2.75, 3.05) is 5.73 Å². The predicted octanol–water partition coefficient (Wildman–Crippen LogP) is 2.48. The Labute approximate surface area is 113 Å². The van der Waals surface area contributed by atoms with E-state index in [9.17, 15) is 0 Å². The van der Waals surface area contributed by atoms with Crippen LogP contribution in [-0.4, -0.2) is 20.2 Å². The number of nitrogens with two attached hydrogens (primary N) is 1. The van der Waals surface area contributed by atoms with Gasteiger partial charge in [0, 0.05) is 15.7 Å². The number of hydrogen-bond acceptors (Lipinski definition) is 4. The second kappa shape index (κ2) is 4.05. The van der Waals surface area contributed by atoms with Crippen molar-refractivity contribution in [2.45, 2.75) is 26.3 Å². The largest absolute Gasteiger partial charge is 0.398 e. The van der Waals surface area contributed by atoms with E-state index in [1.54, 1.807) is 0 Å². The van der Waals surface area contributed by atoms with Gasteiger partial charge >= 0.3 is 0 Å². The van der Waals surface area contributed by atoms with Crippen LogP contribution in [0.15, 0.2) is 22.7 Å². The molecule has 1 fully saturated rings. The van der Waals surface area contributed by atoms with E-state index < -0.39 is 0 Å². The molecule has 18 heavy (non-hydrogen) atoms. The number of halogens is 1. The van der Waals surface area contributed by atoms with Gasteiger partial charge in [-0.15, -0.1) is 5.10 Å². The van der Waals surface area contributed by atoms with Crippen molar-refractivity contribution in [2.24, 2.45) is 5.41 Å². The Bertz CT molecular complexity index is 588. The van der Waals surface area contributed by atoms with E-state index in [-0.39, 0.29) is 0 Å². The minimum Gasteiger partial charge on any atom is -0.398 e. The first-order chi connectivity index (χ1) is 8.57. The van der Waals surface area contributed by atoms with Crippen molar-refractivity contribution in [3.05, 3.63) is 22.7 Å². The summed E-state index contributed by atoms with van der Waals surface area (Å²) >= 11 is 3.39. The van der Waals surface area contributed by atoms with Crippen LogP contribution in [0.2, 0.25) is 0 Å². The highest BCUT2D eigenvalue weighted by atomic mass is 79.9. The lowest BCUT2D eigenvalue weighted by molar-refractivity contribution is 0.427. The van der Waals surface area contributed by atoms with Crippen LogP contribution in [0, 0.1) is 5.41 Å². The number of hydrogen-bond donors (Lipinski definition) is 1. The topological polar surface area (TPSA) is 69.6 Å². The number of nitrogen functional groups attached to an aromatic ring is 1. The fourth-order valence-corrected chi connectivity index (χ4v) is 2.18. The van der Waals surface area contributed by atoms with Gasteiger partial charge in [0.1, 0.15) is 0 Å². The van der Waals surface area contributed by atoms with Crippen LogP contribution < -0.4 is 5.73 Å². The maximum absolute atomic E-state index is 5.89. The molecule has 0 saturated heterocycles. The summed E-state index contributed by atoms with van der Waals surface area (Å²) in [5.74, 6) is 0.780. The van der Waals surface area contributed by atoms with Gasteiger partial charge in [-0.05, 0) is 62.8 Å². The molecule has 5 nitrogen and oxygen atoms in total. The Morgan fingerprint density at radius 1 is 1.44 bits per heavy atom. The highest BCUT2D eigenvalue weighted by Crippen LogP contribution is 2.46. The molecule has 1 saturated carbocycles. The molecule has 0 bridgehead atoms. The number of benzene rings is 1. The van der Waals surface area contributed by atoms with Crippen LogP contribution in [0.25, 0.3) is 11.4 Å². The SMILES string of the molecule is CC1(Cn2nnnc2-c2ccc(Br)c(N)c2)CC1. The van der Waals surface area contributed by atoms with E-state index in [1.165, 1.54) is 12.8 Å². The van der Waals surface area contributed by atoms with E-state index >= 15 is 0 Å². The maximum Gasteiger partial charge on any atom is 0.182 e. The molecule has 2 N–H and O–H groups in total. The minimum absolute atomic E-state index is 0.366. The molecule has 0 radical (unpaired) electrons. The third-order valence-corrected chi connectivity index (χ3v) is 4.14. The Kier molecular flexibility index (Phi) is 2.62. The van der Waals surface area contributed by atoms with Crippen molar-refractivity contribution < 1.29 is 0 Å². The molecule has 1 aromatic heterocycles. The zero-order valence-electron chi connectivity index (χ0n) is 10.1. The smallest absolute Gasteiger partial charge is 0.182 e. The first-order valence-electron chi connectivity index (χ1n) is 5.89. The van der Waals surface area contributed by atoms with Crippen molar-refractivity contribution in [3.8, 4) is 11.4 Å². The van der Waals surface area contributed by atoms with Crippen molar-refractivity contribution in [3.63, 3.8) is 0 Å². The fraction of sp³-hybridized carbons (Fsp3) is 0.417.